The number of amides is 2. The second-order valence-electron chi connectivity index (χ2n) is 5.65. The Morgan fingerprint density at radius 3 is 2.76 bits per heavy atom. The fourth-order valence-electron chi connectivity index (χ4n) is 3.27. The summed E-state index contributed by atoms with van der Waals surface area (Å²) in [6.45, 7) is 1.32. The van der Waals surface area contributed by atoms with Crippen LogP contribution >= 0.6 is 0 Å². The van der Waals surface area contributed by atoms with E-state index in [9.17, 15) is 14.7 Å². The summed E-state index contributed by atoms with van der Waals surface area (Å²) in [6, 6.07) is 7.63. The molecule has 112 valence electrons. The van der Waals surface area contributed by atoms with Crippen molar-refractivity contribution < 1.29 is 14.7 Å². The van der Waals surface area contributed by atoms with Crippen LogP contribution < -0.4 is 0 Å². The molecule has 1 fully saturated rings. The van der Waals surface area contributed by atoms with E-state index in [-0.39, 0.29) is 31.0 Å². The van der Waals surface area contributed by atoms with Gasteiger partial charge in [-0.2, -0.15) is 0 Å². The minimum atomic E-state index is -0.292. The van der Waals surface area contributed by atoms with Gasteiger partial charge >= 0.3 is 0 Å². The molecule has 0 spiro atoms. The Bertz CT molecular complexity index is 558. The molecule has 2 aliphatic heterocycles. The number of carbonyl (C=O) groups is 2. The van der Waals surface area contributed by atoms with E-state index in [1.54, 1.807) is 9.80 Å². The Hall–Kier alpha value is -1.88. The number of aliphatic hydroxyl groups is 1. The molecule has 3 rings (SSSR count). The van der Waals surface area contributed by atoms with Gasteiger partial charge in [0.05, 0.1) is 19.2 Å². The van der Waals surface area contributed by atoms with Gasteiger partial charge in [0.15, 0.2) is 0 Å². The van der Waals surface area contributed by atoms with Crippen LogP contribution in [0.25, 0.3) is 0 Å². The third kappa shape index (κ3) is 2.65. The Morgan fingerprint density at radius 1 is 1.24 bits per heavy atom. The number of likely N-dealkylation sites (tertiary alicyclic amines) is 1. The van der Waals surface area contributed by atoms with E-state index in [0.29, 0.717) is 19.5 Å². The average molecular weight is 288 g/mol. The maximum atomic E-state index is 12.5. The van der Waals surface area contributed by atoms with Crippen molar-refractivity contribution in [2.24, 2.45) is 0 Å². The van der Waals surface area contributed by atoms with E-state index < -0.39 is 0 Å². The molecule has 2 heterocycles. The number of hydrogen-bond acceptors (Lipinski definition) is 3. The molecule has 2 amide bonds. The zero-order valence-electron chi connectivity index (χ0n) is 12.0. The molecule has 2 aliphatic rings. The van der Waals surface area contributed by atoms with Crippen LogP contribution in [0, 0.1) is 0 Å². The smallest absolute Gasteiger partial charge is 0.242 e. The third-order valence-corrected chi connectivity index (χ3v) is 4.40. The first-order chi connectivity index (χ1) is 10.2. The highest BCUT2D eigenvalue weighted by Gasteiger charge is 2.32. The molecule has 0 aromatic heterocycles. The molecule has 1 aromatic rings. The summed E-state index contributed by atoms with van der Waals surface area (Å²) < 4.78 is 0. The lowest BCUT2D eigenvalue weighted by molar-refractivity contribution is -0.141. The van der Waals surface area contributed by atoms with Gasteiger partial charge < -0.3 is 14.9 Å². The SMILES string of the molecule is O=C1CCCN1CC(=O)N1CCc2ccccc2[C@@H]1CO. The minimum absolute atomic E-state index is 0.0568. The Labute approximate surface area is 124 Å². The summed E-state index contributed by atoms with van der Waals surface area (Å²) in [5, 5.41) is 9.70. The number of rotatable bonds is 3. The molecule has 0 bridgehead atoms. The number of carbonyl (C=O) groups excluding carboxylic acids is 2. The van der Waals surface area contributed by atoms with Crippen LogP contribution in [0.3, 0.4) is 0 Å². The predicted octanol–water partition coefficient (Wildman–Crippen LogP) is 0.727. The number of benzene rings is 1. The van der Waals surface area contributed by atoms with E-state index in [2.05, 4.69) is 0 Å². The molecule has 0 radical (unpaired) electrons. The van der Waals surface area contributed by atoms with Crippen molar-refractivity contribution in [3.8, 4) is 0 Å². The van der Waals surface area contributed by atoms with Crippen LogP contribution in [-0.4, -0.2) is 53.0 Å². The highest BCUT2D eigenvalue weighted by molar-refractivity contribution is 5.86. The van der Waals surface area contributed by atoms with Gasteiger partial charge in [-0.05, 0) is 24.0 Å². The van der Waals surface area contributed by atoms with Crippen molar-refractivity contribution in [1.29, 1.82) is 0 Å². The second kappa shape index (κ2) is 5.85. The highest BCUT2D eigenvalue weighted by Crippen LogP contribution is 2.29. The van der Waals surface area contributed by atoms with Gasteiger partial charge in [0.25, 0.3) is 0 Å². The van der Waals surface area contributed by atoms with E-state index in [1.165, 1.54) is 5.56 Å². The van der Waals surface area contributed by atoms with Gasteiger partial charge in [-0.1, -0.05) is 24.3 Å². The molecule has 0 unspecified atom stereocenters. The molecule has 1 N–H and O–H groups in total. The molecule has 1 atom stereocenters. The summed E-state index contributed by atoms with van der Waals surface area (Å²) in [6.07, 6.45) is 2.17. The van der Waals surface area contributed by atoms with Crippen LogP contribution in [-0.2, 0) is 16.0 Å². The molecule has 0 saturated carbocycles. The number of fused-ring (bicyclic) bond motifs is 1. The lowest BCUT2D eigenvalue weighted by atomic mass is 9.93. The number of aliphatic hydroxyl groups excluding tert-OH is 1. The maximum Gasteiger partial charge on any atom is 0.242 e. The molecular formula is C16H20N2O3. The Morgan fingerprint density at radius 2 is 2.05 bits per heavy atom. The zero-order chi connectivity index (χ0) is 14.8. The van der Waals surface area contributed by atoms with Gasteiger partial charge in [-0.3, -0.25) is 9.59 Å². The van der Waals surface area contributed by atoms with Crippen LogP contribution in [0.15, 0.2) is 24.3 Å². The molecule has 5 heteroatoms. The van der Waals surface area contributed by atoms with Crippen molar-refractivity contribution in [2.75, 3.05) is 26.2 Å². The zero-order valence-corrected chi connectivity index (χ0v) is 12.0. The van der Waals surface area contributed by atoms with Crippen molar-refractivity contribution in [1.82, 2.24) is 9.80 Å². The fourth-order valence-corrected chi connectivity index (χ4v) is 3.27. The summed E-state index contributed by atoms with van der Waals surface area (Å²) in [5.74, 6) is -0.0138. The normalized spacial score (nSPS) is 21.6. The summed E-state index contributed by atoms with van der Waals surface area (Å²) in [5.41, 5.74) is 2.21. The predicted molar refractivity (Wildman–Crippen MR) is 77.5 cm³/mol. The maximum absolute atomic E-state index is 12.5. The van der Waals surface area contributed by atoms with Crippen molar-refractivity contribution >= 4 is 11.8 Å². The van der Waals surface area contributed by atoms with Crippen molar-refractivity contribution in [3.63, 3.8) is 0 Å². The van der Waals surface area contributed by atoms with E-state index in [4.69, 9.17) is 0 Å². The molecular weight excluding hydrogens is 268 g/mol. The van der Waals surface area contributed by atoms with E-state index >= 15 is 0 Å². The quantitative estimate of drug-likeness (QED) is 0.892. The van der Waals surface area contributed by atoms with Crippen LogP contribution in [0.1, 0.15) is 30.0 Å². The van der Waals surface area contributed by atoms with Crippen LogP contribution in [0.5, 0.6) is 0 Å². The van der Waals surface area contributed by atoms with E-state index in [1.807, 2.05) is 24.3 Å². The van der Waals surface area contributed by atoms with Gasteiger partial charge in [0, 0.05) is 19.5 Å². The Balaban J connectivity index is 1.76. The first-order valence-electron chi connectivity index (χ1n) is 7.46. The van der Waals surface area contributed by atoms with Gasteiger partial charge in [0.2, 0.25) is 11.8 Å². The molecule has 1 aromatic carbocycles. The first-order valence-corrected chi connectivity index (χ1v) is 7.46. The monoisotopic (exact) mass is 288 g/mol. The fraction of sp³-hybridized carbons (Fsp3) is 0.500. The van der Waals surface area contributed by atoms with Gasteiger partial charge in [-0.15, -0.1) is 0 Å². The van der Waals surface area contributed by atoms with Gasteiger partial charge in [-0.25, -0.2) is 0 Å². The van der Waals surface area contributed by atoms with Crippen molar-refractivity contribution in [3.05, 3.63) is 35.4 Å². The summed E-state index contributed by atoms with van der Waals surface area (Å²) in [4.78, 5) is 27.5. The molecule has 5 nitrogen and oxygen atoms in total. The largest absolute Gasteiger partial charge is 0.394 e. The summed E-state index contributed by atoms with van der Waals surface area (Å²) >= 11 is 0. The number of hydrogen-bond donors (Lipinski definition) is 1. The van der Waals surface area contributed by atoms with E-state index in [0.717, 1.165) is 18.4 Å². The minimum Gasteiger partial charge on any atom is -0.394 e. The summed E-state index contributed by atoms with van der Waals surface area (Å²) in [7, 11) is 0. The molecule has 0 aliphatic carbocycles. The van der Waals surface area contributed by atoms with Crippen molar-refractivity contribution in [2.45, 2.75) is 25.3 Å². The first kappa shape index (κ1) is 14.1. The standard InChI is InChI=1S/C16H20N2O3/c19-11-14-13-5-2-1-4-12(13)7-9-18(14)16(21)10-17-8-3-6-15(17)20/h1-2,4-5,14,19H,3,6-11H2/t14-/m0/s1. The van der Waals surface area contributed by atoms with Crippen LogP contribution in [0.4, 0.5) is 0 Å². The van der Waals surface area contributed by atoms with Gasteiger partial charge in [0.1, 0.15) is 0 Å². The highest BCUT2D eigenvalue weighted by atomic mass is 16.3. The molecule has 21 heavy (non-hydrogen) atoms. The lowest BCUT2D eigenvalue weighted by Gasteiger charge is -2.37. The average Bonchev–Trinajstić information content (AvgIpc) is 2.91. The topological polar surface area (TPSA) is 60.9 Å². The number of nitrogens with zero attached hydrogens (tertiary/aromatic N) is 2. The lowest BCUT2D eigenvalue weighted by Crippen LogP contribution is -2.46. The molecule has 1 saturated heterocycles. The second-order valence-corrected chi connectivity index (χ2v) is 5.65. The third-order valence-electron chi connectivity index (χ3n) is 4.40. The van der Waals surface area contributed by atoms with Crippen LogP contribution in [0.2, 0.25) is 0 Å². The Kier molecular flexibility index (Phi) is 3.92.